The van der Waals surface area contributed by atoms with Crippen LogP contribution in [-0.4, -0.2) is 31.7 Å². The molecule has 0 aliphatic carbocycles. The van der Waals surface area contributed by atoms with Gasteiger partial charge in [0.15, 0.2) is 11.5 Å². The highest BCUT2D eigenvalue weighted by atomic mass is 16.6. The van der Waals surface area contributed by atoms with E-state index in [1.54, 1.807) is 39.3 Å². The number of hydrogen-bond acceptors (Lipinski definition) is 5. The summed E-state index contributed by atoms with van der Waals surface area (Å²) in [5.74, 6) is 1.27. The second kappa shape index (κ2) is 8.70. The minimum atomic E-state index is -0.477. The number of benzene rings is 2. The first kappa shape index (κ1) is 19.0. The molecule has 0 aliphatic rings. The van der Waals surface area contributed by atoms with E-state index in [1.165, 1.54) is 6.07 Å². The Morgan fingerprint density at radius 1 is 1.12 bits per heavy atom. The lowest BCUT2D eigenvalue weighted by molar-refractivity contribution is -0.385. The lowest BCUT2D eigenvalue weighted by Gasteiger charge is -2.11. The molecule has 8 heteroatoms. The van der Waals surface area contributed by atoms with E-state index in [9.17, 15) is 14.9 Å². The van der Waals surface area contributed by atoms with Gasteiger partial charge in [-0.05, 0) is 37.1 Å². The van der Waals surface area contributed by atoms with Crippen LogP contribution in [-0.2, 0) is 6.42 Å². The summed E-state index contributed by atoms with van der Waals surface area (Å²) >= 11 is 0. The molecule has 0 heterocycles. The molecule has 0 aromatic heterocycles. The predicted molar refractivity (Wildman–Crippen MR) is 98.1 cm³/mol. The minimum absolute atomic E-state index is 0.0341. The lowest BCUT2D eigenvalue weighted by Crippen LogP contribution is -2.30. The van der Waals surface area contributed by atoms with Crippen LogP contribution in [0.5, 0.6) is 11.5 Å². The van der Waals surface area contributed by atoms with E-state index in [4.69, 9.17) is 9.47 Å². The van der Waals surface area contributed by atoms with Crippen LogP contribution in [0.3, 0.4) is 0 Å². The number of carbonyl (C=O) groups excluding carboxylic acids is 1. The zero-order valence-corrected chi connectivity index (χ0v) is 14.9. The van der Waals surface area contributed by atoms with Crippen molar-refractivity contribution in [2.24, 2.45) is 0 Å². The van der Waals surface area contributed by atoms with Crippen molar-refractivity contribution >= 4 is 17.4 Å². The van der Waals surface area contributed by atoms with E-state index in [0.29, 0.717) is 35.7 Å². The van der Waals surface area contributed by atoms with Crippen molar-refractivity contribution < 1.29 is 19.2 Å². The van der Waals surface area contributed by atoms with Crippen LogP contribution < -0.4 is 20.1 Å². The van der Waals surface area contributed by atoms with Crippen molar-refractivity contribution in [3.63, 3.8) is 0 Å². The fourth-order valence-corrected chi connectivity index (χ4v) is 2.42. The Balaban J connectivity index is 1.89. The number of hydrogen-bond donors (Lipinski definition) is 2. The zero-order chi connectivity index (χ0) is 19.1. The predicted octanol–water partition coefficient (Wildman–Crippen LogP) is 3.28. The van der Waals surface area contributed by atoms with Gasteiger partial charge in [0, 0.05) is 23.9 Å². The maximum atomic E-state index is 12.0. The second-order valence-corrected chi connectivity index (χ2v) is 5.58. The largest absolute Gasteiger partial charge is 0.493 e. The van der Waals surface area contributed by atoms with Crippen LogP contribution in [0, 0.1) is 17.0 Å². The van der Waals surface area contributed by atoms with Gasteiger partial charge >= 0.3 is 6.03 Å². The van der Waals surface area contributed by atoms with Crippen molar-refractivity contribution in [2.75, 3.05) is 26.1 Å². The van der Waals surface area contributed by atoms with Gasteiger partial charge in [-0.3, -0.25) is 10.1 Å². The van der Waals surface area contributed by atoms with Gasteiger partial charge in [0.05, 0.1) is 19.1 Å². The average molecular weight is 359 g/mol. The Morgan fingerprint density at radius 3 is 2.50 bits per heavy atom. The quantitative estimate of drug-likeness (QED) is 0.583. The Morgan fingerprint density at radius 2 is 1.85 bits per heavy atom. The number of aryl methyl sites for hydroxylation is 1. The fourth-order valence-electron chi connectivity index (χ4n) is 2.42. The molecule has 0 spiro atoms. The molecule has 0 saturated heterocycles. The Hall–Kier alpha value is -3.29. The molecule has 0 fully saturated rings. The van der Waals surface area contributed by atoms with Crippen molar-refractivity contribution in [1.82, 2.24) is 5.32 Å². The Bertz CT molecular complexity index is 807. The third-order valence-corrected chi connectivity index (χ3v) is 3.81. The summed E-state index contributed by atoms with van der Waals surface area (Å²) in [6.45, 7) is 2.04. The molecule has 2 aromatic rings. The number of urea groups is 1. The molecule has 0 atom stereocenters. The monoisotopic (exact) mass is 359 g/mol. The Kier molecular flexibility index (Phi) is 6.37. The van der Waals surface area contributed by atoms with Crippen molar-refractivity contribution in [3.05, 3.63) is 57.6 Å². The molecule has 2 aromatic carbocycles. The molecule has 8 nitrogen and oxygen atoms in total. The molecule has 138 valence electrons. The summed E-state index contributed by atoms with van der Waals surface area (Å²) in [7, 11) is 3.13. The van der Waals surface area contributed by atoms with Crippen molar-refractivity contribution in [2.45, 2.75) is 13.3 Å². The third kappa shape index (κ3) is 4.85. The van der Waals surface area contributed by atoms with Crippen LogP contribution in [0.25, 0.3) is 0 Å². The van der Waals surface area contributed by atoms with E-state index in [1.807, 2.05) is 12.1 Å². The van der Waals surface area contributed by atoms with Gasteiger partial charge in [0.25, 0.3) is 5.69 Å². The summed E-state index contributed by atoms with van der Waals surface area (Å²) < 4.78 is 10.4. The van der Waals surface area contributed by atoms with E-state index in [2.05, 4.69) is 10.6 Å². The molecule has 0 saturated carbocycles. The summed E-state index contributed by atoms with van der Waals surface area (Å²) in [6.07, 6.45) is 0.599. The lowest BCUT2D eigenvalue weighted by atomic mass is 10.1. The van der Waals surface area contributed by atoms with Crippen molar-refractivity contribution in [3.8, 4) is 11.5 Å². The van der Waals surface area contributed by atoms with Gasteiger partial charge in [-0.2, -0.15) is 0 Å². The molecule has 2 rings (SSSR count). The van der Waals surface area contributed by atoms with E-state index < -0.39 is 11.0 Å². The number of nitro benzene ring substituents is 1. The summed E-state index contributed by atoms with van der Waals surface area (Å²) in [5.41, 5.74) is 1.85. The number of anilines is 1. The van der Waals surface area contributed by atoms with Gasteiger partial charge in [-0.25, -0.2) is 4.79 Å². The number of amides is 2. The van der Waals surface area contributed by atoms with Crippen LogP contribution in [0.15, 0.2) is 36.4 Å². The van der Waals surface area contributed by atoms with E-state index >= 15 is 0 Å². The number of nitro groups is 1. The molecule has 0 bridgehead atoms. The number of nitrogens with one attached hydrogen (secondary N) is 2. The zero-order valence-electron chi connectivity index (χ0n) is 14.9. The number of ether oxygens (including phenoxy) is 2. The minimum Gasteiger partial charge on any atom is -0.493 e. The van der Waals surface area contributed by atoms with Gasteiger partial charge in [0.2, 0.25) is 0 Å². The van der Waals surface area contributed by atoms with E-state index in [-0.39, 0.29) is 5.69 Å². The molecule has 0 unspecified atom stereocenters. The highest BCUT2D eigenvalue weighted by molar-refractivity contribution is 5.89. The molecule has 2 N–H and O–H groups in total. The third-order valence-electron chi connectivity index (χ3n) is 3.81. The molecule has 0 aliphatic heterocycles. The molecular weight excluding hydrogens is 338 g/mol. The van der Waals surface area contributed by atoms with Crippen LogP contribution >= 0.6 is 0 Å². The standard InChI is InChI=1S/C18H21N3O5/c1-12-4-6-14(11-15(12)21(23)24)20-18(22)19-9-8-13-5-7-16(25-2)17(10-13)26-3/h4-7,10-11H,8-9H2,1-3H3,(H2,19,20,22). The summed E-state index contributed by atoms with van der Waals surface area (Å²) in [6, 6.07) is 9.67. The number of rotatable bonds is 7. The SMILES string of the molecule is COc1ccc(CCNC(=O)Nc2ccc(C)c([N+](=O)[O-])c2)cc1OC. The molecule has 0 radical (unpaired) electrons. The summed E-state index contributed by atoms with van der Waals surface area (Å²) in [5, 5.41) is 16.3. The average Bonchev–Trinajstić information content (AvgIpc) is 2.62. The topological polar surface area (TPSA) is 103 Å². The molecule has 2 amide bonds. The molecule has 26 heavy (non-hydrogen) atoms. The second-order valence-electron chi connectivity index (χ2n) is 5.58. The smallest absolute Gasteiger partial charge is 0.319 e. The normalized spacial score (nSPS) is 10.1. The van der Waals surface area contributed by atoms with Gasteiger partial charge in [-0.15, -0.1) is 0 Å². The summed E-state index contributed by atoms with van der Waals surface area (Å²) in [4.78, 5) is 22.4. The van der Waals surface area contributed by atoms with E-state index in [0.717, 1.165) is 5.56 Å². The number of carbonyl (C=O) groups is 1. The van der Waals surface area contributed by atoms with Crippen LogP contribution in [0.4, 0.5) is 16.2 Å². The van der Waals surface area contributed by atoms with Gasteiger partial charge in [-0.1, -0.05) is 12.1 Å². The van der Waals surface area contributed by atoms with Crippen molar-refractivity contribution in [1.29, 1.82) is 0 Å². The van der Waals surface area contributed by atoms with Crippen LogP contribution in [0.2, 0.25) is 0 Å². The fraction of sp³-hybridized carbons (Fsp3) is 0.278. The highest BCUT2D eigenvalue weighted by Gasteiger charge is 2.12. The Labute approximate surface area is 151 Å². The number of methoxy groups -OCH3 is 2. The highest BCUT2D eigenvalue weighted by Crippen LogP contribution is 2.27. The maximum absolute atomic E-state index is 12.0. The first-order chi connectivity index (χ1) is 12.4. The first-order valence-corrected chi connectivity index (χ1v) is 7.95. The molecular formula is C18H21N3O5. The number of nitrogens with zero attached hydrogens (tertiary/aromatic N) is 1. The van der Waals surface area contributed by atoms with Gasteiger partial charge in [0.1, 0.15) is 0 Å². The first-order valence-electron chi connectivity index (χ1n) is 7.95. The van der Waals surface area contributed by atoms with Crippen LogP contribution in [0.1, 0.15) is 11.1 Å². The maximum Gasteiger partial charge on any atom is 0.319 e. The van der Waals surface area contributed by atoms with Gasteiger partial charge < -0.3 is 20.1 Å².